The smallest absolute Gasteiger partial charge is 0.225 e. The second-order valence-corrected chi connectivity index (χ2v) is 4.46. The van der Waals surface area contributed by atoms with Gasteiger partial charge in [-0.2, -0.15) is 0 Å². The number of rotatable bonds is 3. The Kier molecular flexibility index (Phi) is 2.21. The SMILES string of the molecule is Cc1cc(Cn2c(Cl)nnc2C2CC2)on1. The highest BCUT2D eigenvalue weighted by atomic mass is 35.5. The number of hydrogen-bond acceptors (Lipinski definition) is 4. The third kappa shape index (κ3) is 1.71. The Hall–Kier alpha value is -1.36. The summed E-state index contributed by atoms with van der Waals surface area (Å²) >= 11 is 6.00. The average molecular weight is 239 g/mol. The van der Waals surface area contributed by atoms with Gasteiger partial charge in [-0.05, 0) is 31.4 Å². The van der Waals surface area contributed by atoms with Gasteiger partial charge in [0.15, 0.2) is 5.76 Å². The van der Waals surface area contributed by atoms with Crippen molar-refractivity contribution >= 4 is 11.6 Å². The molecule has 0 amide bonds. The van der Waals surface area contributed by atoms with Gasteiger partial charge in [-0.15, -0.1) is 10.2 Å². The average Bonchev–Trinajstić information content (AvgIpc) is 2.93. The van der Waals surface area contributed by atoms with Crippen molar-refractivity contribution in [3.05, 3.63) is 28.6 Å². The van der Waals surface area contributed by atoms with E-state index in [0.717, 1.165) is 17.3 Å². The summed E-state index contributed by atoms with van der Waals surface area (Å²) < 4.78 is 7.05. The van der Waals surface area contributed by atoms with Crippen LogP contribution in [-0.2, 0) is 6.54 Å². The van der Waals surface area contributed by atoms with Crippen LogP contribution in [0.2, 0.25) is 5.28 Å². The van der Waals surface area contributed by atoms with Crippen molar-refractivity contribution in [1.29, 1.82) is 0 Å². The Bertz CT molecular complexity index is 515. The van der Waals surface area contributed by atoms with E-state index in [-0.39, 0.29) is 0 Å². The molecule has 0 saturated heterocycles. The van der Waals surface area contributed by atoms with Gasteiger partial charge in [0.05, 0.1) is 12.2 Å². The van der Waals surface area contributed by atoms with Crippen LogP contribution in [0.1, 0.15) is 36.0 Å². The Balaban J connectivity index is 1.90. The molecule has 0 aliphatic heterocycles. The van der Waals surface area contributed by atoms with Gasteiger partial charge < -0.3 is 4.52 Å². The van der Waals surface area contributed by atoms with Crippen LogP contribution in [0.15, 0.2) is 10.6 Å². The summed E-state index contributed by atoms with van der Waals surface area (Å²) in [5.74, 6) is 2.25. The first-order chi connectivity index (χ1) is 7.74. The molecule has 0 bridgehead atoms. The highest BCUT2D eigenvalue weighted by molar-refractivity contribution is 6.28. The van der Waals surface area contributed by atoms with Crippen LogP contribution in [0.5, 0.6) is 0 Å². The van der Waals surface area contributed by atoms with Crippen LogP contribution < -0.4 is 0 Å². The molecule has 2 heterocycles. The summed E-state index contributed by atoms with van der Waals surface area (Å²) in [6.45, 7) is 2.45. The number of aryl methyl sites for hydroxylation is 1. The molecule has 1 aliphatic carbocycles. The second kappa shape index (κ2) is 3.59. The molecule has 0 atom stereocenters. The summed E-state index contributed by atoms with van der Waals surface area (Å²) in [4.78, 5) is 0. The fourth-order valence-electron chi connectivity index (χ4n) is 1.73. The number of halogens is 1. The summed E-state index contributed by atoms with van der Waals surface area (Å²) in [5, 5.41) is 12.3. The molecule has 0 N–H and O–H groups in total. The van der Waals surface area contributed by atoms with Gasteiger partial charge in [-0.1, -0.05) is 5.16 Å². The zero-order valence-electron chi connectivity index (χ0n) is 8.85. The third-order valence-electron chi connectivity index (χ3n) is 2.67. The molecule has 2 aromatic heterocycles. The fourth-order valence-corrected chi connectivity index (χ4v) is 1.92. The first kappa shape index (κ1) is 9.84. The molecule has 2 aromatic rings. The maximum absolute atomic E-state index is 6.00. The van der Waals surface area contributed by atoms with Gasteiger partial charge in [0, 0.05) is 12.0 Å². The Morgan fingerprint density at radius 2 is 2.31 bits per heavy atom. The standard InChI is InChI=1S/C10H11ClN4O/c1-6-4-8(16-14-6)5-15-9(7-2-3-7)12-13-10(15)11/h4,7H,2-3,5H2,1H3. The van der Waals surface area contributed by atoms with E-state index >= 15 is 0 Å². The van der Waals surface area contributed by atoms with E-state index < -0.39 is 0 Å². The Morgan fingerprint density at radius 3 is 2.94 bits per heavy atom. The van der Waals surface area contributed by atoms with Crippen LogP contribution in [-0.4, -0.2) is 19.9 Å². The number of aromatic nitrogens is 4. The highest BCUT2D eigenvalue weighted by Gasteiger charge is 2.30. The predicted molar refractivity (Wildman–Crippen MR) is 57.3 cm³/mol. The molecule has 6 heteroatoms. The van der Waals surface area contributed by atoms with Gasteiger partial charge in [-0.25, -0.2) is 0 Å². The van der Waals surface area contributed by atoms with Crippen molar-refractivity contribution in [2.45, 2.75) is 32.2 Å². The molecule has 1 saturated carbocycles. The van der Waals surface area contributed by atoms with Crippen molar-refractivity contribution in [1.82, 2.24) is 19.9 Å². The van der Waals surface area contributed by atoms with Gasteiger partial charge in [0.25, 0.3) is 0 Å². The second-order valence-electron chi connectivity index (χ2n) is 4.12. The van der Waals surface area contributed by atoms with E-state index in [2.05, 4.69) is 15.4 Å². The summed E-state index contributed by atoms with van der Waals surface area (Å²) in [5.41, 5.74) is 0.868. The van der Waals surface area contributed by atoms with E-state index in [0.29, 0.717) is 17.7 Å². The fraction of sp³-hybridized carbons (Fsp3) is 0.500. The molecular weight excluding hydrogens is 228 g/mol. The molecular formula is C10H11ClN4O. The van der Waals surface area contributed by atoms with E-state index in [1.54, 1.807) is 0 Å². The predicted octanol–water partition coefficient (Wildman–Crippen LogP) is 2.15. The monoisotopic (exact) mass is 238 g/mol. The van der Waals surface area contributed by atoms with Crippen molar-refractivity contribution in [2.24, 2.45) is 0 Å². The van der Waals surface area contributed by atoms with Gasteiger partial charge >= 0.3 is 0 Å². The van der Waals surface area contributed by atoms with E-state index in [9.17, 15) is 0 Å². The maximum atomic E-state index is 6.00. The van der Waals surface area contributed by atoms with Crippen LogP contribution in [0.25, 0.3) is 0 Å². The number of hydrogen-bond donors (Lipinski definition) is 0. The molecule has 0 radical (unpaired) electrons. The normalized spacial score (nSPS) is 15.6. The molecule has 0 unspecified atom stereocenters. The molecule has 0 spiro atoms. The largest absolute Gasteiger partial charge is 0.359 e. The molecule has 16 heavy (non-hydrogen) atoms. The lowest BCUT2D eigenvalue weighted by atomic mass is 10.3. The minimum absolute atomic E-state index is 0.413. The van der Waals surface area contributed by atoms with E-state index in [4.69, 9.17) is 16.1 Å². The summed E-state index contributed by atoms with van der Waals surface area (Å²) in [6, 6.07) is 1.90. The zero-order chi connectivity index (χ0) is 11.1. The van der Waals surface area contributed by atoms with Crippen molar-refractivity contribution in [3.63, 3.8) is 0 Å². The highest BCUT2D eigenvalue weighted by Crippen LogP contribution is 2.39. The van der Waals surface area contributed by atoms with Crippen LogP contribution in [0, 0.1) is 6.92 Å². The van der Waals surface area contributed by atoms with E-state index in [1.165, 1.54) is 12.8 Å². The van der Waals surface area contributed by atoms with Crippen LogP contribution in [0.3, 0.4) is 0 Å². The van der Waals surface area contributed by atoms with Crippen molar-refractivity contribution in [2.75, 3.05) is 0 Å². The lowest BCUT2D eigenvalue weighted by Gasteiger charge is -2.03. The molecule has 1 fully saturated rings. The van der Waals surface area contributed by atoms with E-state index in [1.807, 2.05) is 17.6 Å². The Morgan fingerprint density at radius 1 is 1.50 bits per heavy atom. The lowest BCUT2D eigenvalue weighted by Crippen LogP contribution is -2.03. The first-order valence-electron chi connectivity index (χ1n) is 5.25. The van der Waals surface area contributed by atoms with Crippen molar-refractivity contribution < 1.29 is 4.52 Å². The minimum atomic E-state index is 0.413. The third-order valence-corrected chi connectivity index (χ3v) is 2.95. The summed E-state index contributed by atoms with van der Waals surface area (Å²) in [6.07, 6.45) is 2.34. The topological polar surface area (TPSA) is 56.7 Å². The first-order valence-corrected chi connectivity index (χ1v) is 5.62. The van der Waals surface area contributed by atoms with Crippen LogP contribution in [0.4, 0.5) is 0 Å². The molecule has 5 nitrogen and oxygen atoms in total. The molecule has 3 rings (SSSR count). The molecule has 0 aromatic carbocycles. The molecule has 84 valence electrons. The maximum Gasteiger partial charge on any atom is 0.225 e. The minimum Gasteiger partial charge on any atom is -0.359 e. The van der Waals surface area contributed by atoms with Crippen LogP contribution >= 0.6 is 11.6 Å². The molecule has 1 aliphatic rings. The van der Waals surface area contributed by atoms with Gasteiger partial charge in [0.1, 0.15) is 5.82 Å². The number of nitrogens with zero attached hydrogens (tertiary/aromatic N) is 4. The Labute approximate surface area is 97.4 Å². The quantitative estimate of drug-likeness (QED) is 0.822. The van der Waals surface area contributed by atoms with Gasteiger partial charge in [-0.3, -0.25) is 4.57 Å². The zero-order valence-corrected chi connectivity index (χ0v) is 9.61. The van der Waals surface area contributed by atoms with Gasteiger partial charge in [0.2, 0.25) is 5.28 Å². The lowest BCUT2D eigenvalue weighted by molar-refractivity contribution is 0.371. The van der Waals surface area contributed by atoms with Crippen molar-refractivity contribution in [3.8, 4) is 0 Å². The summed E-state index contributed by atoms with van der Waals surface area (Å²) in [7, 11) is 0.